The van der Waals surface area contributed by atoms with Crippen LogP contribution in [-0.2, 0) is 9.59 Å². The van der Waals surface area contributed by atoms with E-state index in [0.29, 0.717) is 19.5 Å². The van der Waals surface area contributed by atoms with Crippen molar-refractivity contribution in [3.63, 3.8) is 0 Å². The summed E-state index contributed by atoms with van der Waals surface area (Å²) in [6.07, 6.45) is -0.204. The molecule has 2 atom stereocenters. The van der Waals surface area contributed by atoms with Gasteiger partial charge in [0.05, 0.1) is 0 Å². The summed E-state index contributed by atoms with van der Waals surface area (Å²) in [5.74, 6) is -0.274. The van der Waals surface area contributed by atoms with E-state index in [1.165, 1.54) is 11.8 Å². The lowest BCUT2D eigenvalue weighted by Crippen LogP contribution is -2.39. The second-order valence-electron chi connectivity index (χ2n) is 3.63. The smallest absolute Gasteiger partial charge is 0.227 e. The fraction of sp³-hybridized carbons (Fsp3) is 0.778. The summed E-state index contributed by atoms with van der Waals surface area (Å²) in [5, 5.41) is 12.1. The average molecular weight is 200 g/mol. The first-order chi connectivity index (χ1) is 6.52. The quantitative estimate of drug-likeness (QED) is 0.633. The van der Waals surface area contributed by atoms with Gasteiger partial charge < -0.3 is 15.3 Å². The number of hydrogen-bond donors (Lipinski definition) is 2. The number of rotatable bonds is 3. The van der Waals surface area contributed by atoms with E-state index in [9.17, 15) is 14.7 Å². The molecular weight excluding hydrogens is 184 g/mol. The van der Waals surface area contributed by atoms with Crippen molar-refractivity contribution in [3.8, 4) is 0 Å². The molecule has 1 saturated heterocycles. The number of aliphatic hydroxyl groups excluding tert-OH is 1. The zero-order chi connectivity index (χ0) is 10.7. The molecular formula is C9H16N2O3. The Hall–Kier alpha value is -1.10. The fourth-order valence-electron chi connectivity index (χ4n) is 1.59. The van der Waals surface area contributed by atoms with Crippen LogP contribution >= 0.6 is 0 Å². The van der Waals surface area contributed by atoms with Crippen LogP contribution in [0.5, 0.6) is 0 Å². The maximum Gasteiger partial charge on any atom is 0.227 e. The van der Waals surface area contributed by atoms with Crippen LogP contribution in [0.1, 0.15) is 20.3 Å². The van der Waals surface area contributed by atoms with Gasteiger partial charge in [-0.2, -0.15) is 0 Å². The summed E-state index contributed by atoms with van der Waals surface area (Å²) < 4.78 is 0. The normalized spacial score (nSPS) is 26.8. The Morgan fingerprint density at radius 1 is 1.71 bits per heavy atom. The van der Waals surface area contributed by atoms with Crippen LogP contribution in [0, 0.1) is 5.92 Å². The Morgan fingerprint density at radius 2 is 2.36 bits per heavy atom. The Balaban J connectivity index is 2.37. The van der Waals surface area contributed by atoms with E-state index in [1.54, 1.807) is 6.92 Å². The highest BCUT2D eigenvalue weighted by Crippen LogP contribution is 2.21. The summed E-state index contributed by atoms with van der Waals surface area (Å²) in [4.78, 5) is 23.4. The largest absolute Gasteiger partial charge is 0.373 e. The molecule has 1 heterocycles. The second kappa shape index (κ2) is 4.41. The highest BCUT2D eigenvalue weighted by Gasteiger charge is 2.34. The summed E-state index contributed by atoms with van der Waals surface area (Å²) >= 11 is 0. The maximum atomic E-state index is 11.4. The number of carbonyl (C=O) groups is 2. The van der Waals surface area contributed by atoms with Crippen LogP contribution in [0.25, 0.3) is 0 Å². The fourth-order valence-corrected chi connectivity index (χ4v) is 1.59. The molecule has 0 aromatic rings. The Kier molecular flexibility index (Phi) is 3.46. The number of amides is 2. The second-order valence-corrected chi connectivity index (χ2v) is 3.63. The van der Waals surface area contributed by atoms with Crippen LogP contribution in [0.15, 0.2) is 0 Å². The van der Waals surface area contributed by atoms with Crippen LogP contribution in [-0.4, -0.2) is 41.1 Å². The standard InChI is InChI=1S/C9H16N2O3/c1-6-5-8(13)11(9(6)14)4-3-10-7(2)12/h6,8,13H,3-5H2,1-2H3,(H,10,12). The molecule has 0 bridgehead atoms. The summed E-state index contributed by atoms with van der Waals surface area (Å²) in [5.41, 5.74) is 0. The molecule has 1 fully saturated rings. The summed E-state index contributed by atoms with van der Waals surface area (Å²) in [6, 6.07) is 0. The van der Waals surface area contributed by atoms with Gasteiger partial charge in [-0.15, -0.1) is 0 Å². The van der Waals surface area contributed by atoms with Gasteiger partial charge in [-0.1, -0.05) is 6.92 Å². The molecule has 0 radical (unpaired) electrons. The number of likely N-dealkylation sites (tertiary alicyclic amines) is 1. The third kappa shape index (κ3) is 2.45. The number of aliphatic hydroxyl groups is 1. The van der Waals surface area contributed by atoms with Crippen molar-refractivity contribution in [3.05, 3.63) is 0 Å². The van der Waals surface area contributed by atoms with Gasteiger partial charge in [0.25, 0.3) is 0 Å². The van der Waals surface area contributed by atoms with Crippen molar-refractivity contribution in [2.24, 2.45) is 5.92 Å². The predicted octanol–water partition coefficient (Wildman–Crippen LogP) is -0.691. The first-order valence-electron chi connectivity index (χ1n) is 4.75. The lowest BCUT2D eigenvalue weighted by atomic mass is 10.1. The number of hydrogen-bond acceptors (Lipinski definition) is 3. The molecule has 0 aromatic carbocycles. The van der Waals surface area contributed by atoms with Gasteiger partial charge in [-0.05, 0) is 0 Å². The van der Waals surface area contributed by atoms with Gasteiger partial charge in [0.1, 0.15) is 6.23 Å². The Morgan fingerprint density at radius 3 is 2.79 bits per heavy atom. The summed E-state index contributed by atoms with van der Waals surface area (Å²) in [6.45, 7) is 3.99. The number of nitrogens with zero attached hydrogens (tertiary/aromatic N) is 1. The zero-order valence-electron chi connectivity index (χ0n) is 8.49. The molecule has 5 heteroatoms. The van der Waals surface area contributed by atoms with E-state index in [2.05, 4.69) is 5.32 Å². The highest BCUT2D eigenvalue weighted by atomic mass is 16.3. The van der Waals surface area contributed by atoms with Crippen LogP contribution < -0.4 is 5.32 Å². The SMILES string of the molecule is CC(=O)NCCN1C(=O)C(C)CC1O. The van der Waals surface area contributed by atoms with E-state index in [-0.39, 0.29) is 17.7 Å². The molecule has 5 nitrogen and oxygen atoms in total. The maximum absolute atomic E-state index is 11.4. The third-order valence-electron chi connectivity index (χ3n) is 2.36. The zero-order valence-corrected chi connectivity index (χ0v) is 8.49. The Labute approximate surface area is 83.1 Å². The van der Waals surface area contributed by atoms with Gasteiger partial charge in [-0.3, -0.25) is 9.59 Å². The highest BCUT2D eigenvalue weighted by molar-refractivity contribution is 5.80. The monoisotopic (exact) mass is 200 g/mol. The molecule has 2 amide bonds. The van der Waals surface area contributed by atoms with Gasteiger partial charge in [0, 0.05) is 32.4 Å². The van der Waals surface area contributed by atoms with E-state index < -0.39 is 6.23 Å². The van der Waals surface area contributed by atoms with E-state index in [0.717, 1.165) is 0 Å². The van der Waals surface area contributed by atoms with Crippen molar-refractivity contribution in [1.82, 2.24) is 10.2 Å². The van der Waals surface area contributed by atoms with Crippen molar-refractivity contribution in [2.75, 3.05) is 13.1 Å². The molecule has 1 aliphatic heterocycles. The molecule has 1 aliphatic rings. The average Bonchev–Trinajstić information content (AvgIpc) is 2.31. The molecule has 2 unspecified atom stereocenters. The first kappa shape index (κ1) is 11.0. The minimum absolute atomic E-state index is 0.0390. The van der Waals surface area contributed by atoms with E-state index >= 15 is 0 Å². The van der Waals surface area contributed by atoms with Gasteiger partial charge in [0.15, 0.2) is 0 Å². The molecule has 0 aromatic heterocycles. The molecule has 80 valence electrons. The van der Waals surface area contributed by atoms with Gasteiger partial charge in [-0.25, -0.2) is 0 Å². The molecule has 14 heavy (non-hydrogen) atoms. The minimum atomic E-state index is -0.689. The van der Waals surface area contributed by atoms with Crippen LogP contribution in [0.4, 0.5) is 0 Å². The number of carbonyl (C=O) groups excluding carboxylic acids is 2. The lowest BCUT2D eigenvalue weighted by Gasteiger charge is -2.20. The topological polar surface area (TPSA) is 69.6 Å². The molecule has 0 spiro atoms. The van der Waals surface area contributed by atoms with Gasteiger partial charge >= 0.3 is 0 Å². The van der Waals surface area contributed by atoms with Crippen molar-refractivity contribution < 1.29 is 14.7 Å². The number of nitrogens with one attached hydrogen (secondary N) is 1. The first-order valence-corrected chi connectivity index (χ1v) is 4.75. The van der Waals surface area contributed by atoms with Crippen LogP contribution in [0.3, 0.4) is 0 Å². The predicted molar refractivity (Wildman–Crippen MR) is 50.2 cm³/mol. The Bertz CT molecular complexity index is 242. The van der Waals surface area contributed by atoms with Crippen molar-refractivity contribution in [2.45, 2.75) is 26.5 Å². The van der Waals surface area contributed by atoms with Crippen molar-refractivity contribution in [1.29, 1.82) is 0 Å². The van der Waals surface area contributed by atoms with Crippen LogP contribution in [0.2, 0.25) is 0 Å². The van der Waals surface area contributed by atoms with Crippen molar-refractivity contribution >= 4 is 11.8 Å². The lowest BCUT2D eigenvalue weighted by molar-refractivity contribution is -0.135. The minimum Gasteiger partial charge on any atom is -0.373 e. The molecule has 0 saturated carbocycles. The summed E-state index contributed by atoms with van der Waals surface area (Å²) in [7, 11) is 0. The molecule has 1 rings (SSSR count). The van der Waals surface area contributed by atoms with Gasteiger partial charge in [0.2, 0.25) is 11.8 Å². The third-order valence-corrected chi connectivity index (χ3v) is 2.36. The molecule has 2 N–H and O–H groups in total. The molecule has 0 aliphatic carbocycles. The van der Waals surface area contributed by atoms with E-state index in [4.69, 9.17) is 0 Å². The van der Waals surface area contributed by atoms with E-state index in [1.807, 2.05) is 0 Å².